The van der Waals surface area contributed by atoms with Gasteiger partial charge in [-0.05, 0) is 36.6 Å². The summed E-state index contributed by atoms with van der Waals surface area (Å²) < 4.78 is 13.6. The summed E-state index contributed by atoms with van der Waals surface area (Å²) in [4.78, 5) is 15.5. The van der Waals surface area contributed by atoms with Crippen molar-refractivity contribution in [1.82, 2.24) is 4.98 Å². The van der Waals surface area contributed by atoms with Gasteiger partial charge in [-0.1, -0.05) is 42.5 Å². The van der Waals surface area contributed by atoms with Crippen LogP contribution in [0.3, 0.4) is 0 Å². The third kappa shape index (κ3) is 4.98. The number of para-hydroxylation sites is 1. The van der Waals surface area contributed by atoms with E-state index in [1.54, 1.807) is 24.3 Å². The predicted octanol–water partition coefficient (Wildman–Crippen LogP) is 3.18. The molecule has 0 saturated heterocycles. The smallest absolute Gasteiger partial charge is 0.123 e. The summed E-state index contributed by atoms with van der Waals surface area (Å²) in [7, 11) is 0. The van der Waals surface area contributed by atoms with E-state index in [0.717, 1.165) is 46.1 Å². The molecule has 1 aromatic heterocycles. The largest absolute Gasteiger partial charge is 0.550 e. The first-order chi connectivity index (χ1) is 14.9. The zero-order valence-corrected chi connectivity index (χ0v) is 16.9. The Balaban J connectivity index is 1.79. The van der Waals surface area contributed by atoms with Crippen LogP contribution in [0.2, 0.25) is 0 Å². The van der Waals surface area contributed by atoms with Crippen molar-refractivity contribution >= 4 is 22.9 Å². The summed E-state index contributed by atoms with van der Waals surface area (Å²) in [6, 6.07) is 14.1. The minimum absolute atomic E-state index is 0.115. The molecular formula is C25H23FNO4-. The maximum atomic E-state index is 13.6. The number of carboxylic acid groups (broad SMARTS) is 1. The zero-order chi connectivity index (χ0) is 22.0. The number of fused-ring (bicyclic) bond motifs is 1. The molecule has 1 aliphatic carbocycles. The summed E-state index contributed by atoms with van der Waals surface area (Å²) in [6.45, 7) is 0. The van der Waals surface area contributed by atoms with Crippen LogP contribution in [-0.2, 0) is 4.79 Å². The van der Waals surface area contributed by atoms with E-state index in [2.05, 4.69) is 0 Å². The van der Waals surface area contributed by atoms with E-state index in [1.807, 2.05) is 24.3 Å². The standard InChI is InChI=1S/C25H24FNO4/c26-17-9-7-15(8-10-17)24-20-3-1-2-4-22(20)27-25(16-5-6-16)21(24)12-11-18(28)13-19(29)14-23(30)31/h1-4,7-12,16,18-19,28-29H,5-6,13-14H2,(H,30,31)/p-1/t18-,19-/m1/s1. The number of hydrogen-bond acceptors (Lipinski definition) is 5. The Bertz CT molecular complexity index is 1120. The number of halogens is 1. The molecular weight excluding hydrogens is 397 g/mol. The molecule has 3 aromatic rings. The third-order valence-corrected chi connectivity index (χ3v) is 5.46. The van der Waals surface area contributed by atoms with Gasteiger partial charge in [-0.2, -0.15) is 0 Å². The number of nitrogens with zero attached hydrogens (tertiary/aromatic N) is 1. The van der Waals surface area contributed by atoms with Gasteiger partial charge in [0.15, 0.2) is 0 Å². The number of aliphatic hydroxyl groups is 2. The zero-order valence-electron chi connectivity index (χ0n) is 16.9. The number of carbonyl (C=O) groups is 1. The second-order valence-corrected chi connectivity index (χ2v) is 7.98. The Labute approximate surface area is 179 Å². The molecule has 1 aliphatic rings. The van der Waals surface area contributed by atoms with Gasteiger partial charge in [-0.15, -0.1) is 0 Å². The van der Waals surface area contributed by atoms with Gasteiger partial charge in [0.1, 0.15) is 5.82 Å². The summed E-state index contributed by atoms with van der Waals surface area (Å²) in [5.74, 6) is -1.36. The Morgan fingerprint density at radius 1 is 1.16 bits per heavy atom. The lowest BCUT2D eigenvalue weighted by Crippen LogP contribution is -2.29. The Hall–Kier alpha value is -3.09. The van der Waals surface area contributed by atoms with Crippen molar-refractivity contribution in [2.45, 2.75) is 43.8 Å². The molecule has 31 heavy (non-hydrogen) atoms. The molecule has 0 bridgehead atoms. The normalized spacial score (nSPS) is 16.0. The van der Waals surface area contributed by atoms with Crippen LogP contribution < -0.4 is 5.11 Å². The van der Waals surface area contributed by atoms with E-state index in [9.17, 15) is 24.5 Å². The fourth-order valence-corrected chi connectivity index (χ4v) is 3.85. The molecule has 160 valence electrons. The summed E-state index contributed by atoms with van der Waals surface area (Å²) in [5, 5.41) is 31.7. The molecule has 1 heterocycles. The predicted molar refractivity (Wildman–Crippen MR) is 114 cm³/mol. The van der Waals surface area contributed by atoms with Gasteiger partial charge < -0.3 is 20.1 Å². The molecule has 0 radical (unpaired) electrons. The van der Waals surface area contributed by atoms with E-state index in [-0.39, 0.29) is 12.2 Å². The number of carboxylic acids is 1. The molecule has 0 unspecified atom stereocenters. The van der Waals surface area contributed by atoms with Gasteiger partial charge in [-0.25, -0.2) is 4.39 Å². The van der Waals surface area contributed by atoms with E-state index in [0.29, 0.717) is 5.92 Å². The van der Waals surface area contributed by atoms with Crippen molar-refractivity contribution < 1.29 is 24.5 Å². The highest BCUT2D eigenvalue weighted by atomic mass is 19.1. The summed E-state index contributed by atoms with van der Waals surface area (Å²) in [5.41, 5.74) is 4.38. The number of aliphatic hydroxyl groups excluding tert-OH is 2. The number of aromatic nitrogens is 1. The van der Waals surface area contributed by atoms with E-state index < -0.39 is 24.6 Å². The SMILES string of the molecule is O=C([O-])C[C@H](O)C[C@H](O)C=Cc1c(C2CC2)nc2ccccc2c1-c1ccc(F)cc1. The van der Waals surface area contributed by atoms with Gasteiger partial charge in [0, 0.05) is 41.2 Å². The van der Waals surface area contributed by atoms with Crippen LogP contribution in [0.15, 0.2) is 54.6 Å². The fraction of sp³-hybridized carbons (Fsp3) is 0.280. The monoisotopic (exact) mass is 420 g/mol. The van der Waals surface area contributed by atoms with Gasteiger partial charge in [0.05, 0.1) is 23.4 Å². The molecule has 5 nitrogen and oxygen atoms in total. The number of carbonyl (C=O) groups excluding carboxylic acids is 1. The van der Waals surface area contributed by atoms with Crippen LogP contribution in [0, 0.1) is 5.82 Å². The molecule has 1 fully saturated rings. The van der Waals surface area contributed by atoms with Crippen LogP contribution in [-0.4, -0.2) is 33.4 Å². The first kappa shape index (κ1) is 21.2. The van der Waals surface area contributed by atoms with Crippen LogP contribution >= 0.6 is 0 Å². The van der Waals surface area contributed by atoms with Gasteiger partial charge in [0.25, 0.3) is 0 Å². The Kier molecular flexibility index (Phi) is 6.11. The quantitative estimate of drug-likeness (QED) is 0.584. The number of rotatable bonds is 8. The highest BCUT2D eigenvalue weighted by Gasteiger charge is 2.29. The second kappa shape index (κ2) is 8.96. The first-order valence-corrected chi connectivity index (χ1v) is 10.3. The van der Waals surface area contributed by atoms with E-state index >= 15 is 0 Å². The van der Waals surface area contributed by atoms with Gasteiger partial charge >= 0.3 is 0 Å². The second-order valence-electron chi connectivity index (χ2n) is 7.98. The molecule has 2 aromatic carbocycles. The maximum Gasteiger partial charge on any atom is 0.123 e. The van der Waals surface area contributed by atoms with Crippen LogP contribution in [0.1, 0.15) is 42.9 Å². The van der Waals surface area contributed by atoms with Gasteiger partial charge in [0.2, 0.25) is 0 Å². The van der Waals surface area contributed by atoms with Crippen molar-refractivity contribution in [3.63, 3.8) is 0 Å². The highest BCUT2D eigenvalue weighted by Crippen LogP contribution is 2.45. The van der Waals surface area contributed by atoms with Gasteiger partial charge in [-0.3, -0.25) is 4.98 Å². The fourth-order valence-electron chi connectivity index (χ4n) is 3.85. The van der Waals surface area contributed by atoms with Crippen molar-refractivity contribution in [3.8, 4) is 11.1 Å². The lowest BCUT2D eigenvalue weighted by atomic mass is 9.92. The first-order valence-electron chi connectivity index (χ1n) is 10.3. The summed E-state index contributed by atoms with van der Waals surface area (Å²) >= 11 is 0. The van der Waals surface area contributed by atoms with Crippen LogP contribution in [0.25, 0.3) is 28.1 Å². The van der Waals surface area contributed by atoms with Crippen molar-refractivity contribution in [3.05, 3.63) is 71.7 Å². The highest BCUT2D eigenvalue weighted by molar-refractivity contribution is 5.99. The average Bonchev–Trinajstić information content (AvgIpc) is 3.56. The minimum Gasteiger partial charge on any atom is -0.550 e. The molecule has 1 saturated carbocycles. The number of pyridine rings is 1. The molecule has 2 atom stereocenters. The molecule has 0 amide bonds. The topological polar surface area (TPSA) is 93.5 Å². The Morgan fingerprint density at radius 3 is 2.55 bits per heavy atom. The number of hydrogen-bond donors (Lipinski definition) is 2. The van der Waals surface area contributed by atoms with Crippen molar-refractivity contribution in [2.75, 3.05) is 0 Å². The van der Waals surface area contributed by atoms with E-state index in [1.165, 1.54) is 12.1 Å². The van der Waals surface area contributed by atoms with E-state index in [4.69, 9.17) is 4.98 Å². The van der Waals surface area contributed by atoms with Crippen molar-refractivity contribution in [2.24, 2.45) is 0 Å². The van der Waals surface area contributed by atoms with Crippen molar-refractivity contribution in [1.29, 1.82) is 0 Å². The van der Waals surface area contributed by atoms with Crippen LogP contribution in [0.5, 0.6) is 0 Å². The molecule has 4 rings (SSSR count). The lowest BCUT2D eigenvalue weighted by molar-refractivity contribution is -0.307. The molecule has 0 aliphatic heterocycles. The number of benzene rings is 2. The van der Waals surface area contributed by atoms with Crippen LogP contribution in [0.4, 0.5) is 4.39 Å². The number of aliphatic carboxylic acids is 1. The third-order valence-electron chi connectivity index (χ3n) is 5.46. The molecule has 0 spiro atoms. The minimum atomic E-state index is -1.36. The maximum absolute atomic E-state index is 13.6. The Morgan fingerprint density at radius 2 is 1.87 bits per heavy atom. The summed E-state index contributed by atoms with van der Waals surface area (Å²) in [6.07, 6.45) is 2.51. The molecule has 2 N–H and O–H groups in total. The lowest BCUT2D eigenvalue weighted by Gasteiger charge is -2.17. The molecule has 6 heteroatoms. The average molecular weight is 420 g/mol.